The number of amides is 1. The standard InChI is InChI=1S/C11H20N2O2/c1-2-13(10-7-12-8-10)11(14)9-3-5-15-6-4-9/h9-10,12H,2-8H2,1H3. The van der Waals surface area contributed by atoms with Crippen molar-refractivity contribution in [2.24, 2.45) is 5.92 Å². The first-order valence-electron chi connectivity index (χ1n) is 5.92. The third kappa shape index (κ3) is 2.32. The summed E-state index contributed by atoms with van der Waals surface area (Å²) in [5.41, 5.74) is 0. The van der Waals surface area contributed by atoms with E-state index in [-0.39, 0.29) is 5.92 Å². The molecule has 0 atom stereocenters. The minimum absolute atomic E-state index is 0.208. The molecule has 2 fully saturated rings. The molecule has 4 nitrogen and oxygen atoms in total. The van der Waals surface area contributed by atoms with Crippen molar-refractivity contribution >= 4 is 5.91 Å². The van der Waals surface area contributed by atoms with Crippen molar-refractivity contribution in [2.75, 3.05) is 32.8 Å². The van der Waals surface area contributed by atoms with Crippen LogP contribution in [0.1, 0.15) is 19.8 Å². The molecule has 0 aromatic heterocycles. The molecule has 0 aromatic carbocycles. The van der Waals surface area contributed by atoms with Gasteiger partial charge < -0.3 is 15.0 Å². The average molecular weight is 212 g/mol. The lowest BCUT2D eigenvalue weighted by Crippen LogP contribution is -2.60. The summed E-state index contributed by atoms with van der Waals surface area (Å²) in [6.45, 7) is 6.32. The number of carbonyl (C=O) groups is 1. The van der Waals surface area contributed by atoms with Crippen LogP contribution in [0.5, 0.6) is 0 Å². The normalized spacial score (nSPS) is 23.5. The number of carbonyl (C=O) groups excluding carboxylic acids is 1. The summed E-state index contributed by atoms with van der Waals surface area (Å²) >= 11 is 0. The second-order valence-corrected chi connectivity index (χ2v) is 4.32. The summed E-state index contributed by atoms with van der Waals surface area (Å²) in [5, 5.41) is 3.22. The molecule has 15 heavy (non-hydrogen) atoms. The first-order chi connectivity index (χ1) is 7.33. The van der Waals surface area contributed by atoms with Crippen LogP contribution in [0.3, 0.4) is 0 Å². The van der Waals surface area contributed by atoms with E-state index < -0.39 is 0 Å². The van der Waals surface area contributed by atoms with Crippen LogP contribution in [-0.4, -0.2) is 49.7 Å². The van der Waals surface area contributed by atoms with Gasteiger partial charge in [0.25, 0.3) is 0 Å². The molecule has 0 radical (unpaired) electrons. The zero-order chi connectivity index (χ0) is 10.7. The molecule has 2 rings (SSSR count). The number of rotatable bonds is 3. The smallest absolute Gasteiger partial charge is 0.226 e. The molecular weight excluding hydrogens is 192 g/mol. The molecule has 1 amide bonds. The zero-order valence-corrected chi connectivity index (χ0v) is 9.37. The van der Waals surface area contributed by atoms with E-state index in [4.69, 9.17) is 4.74 Å². The topological polar surface area (TPSA) is 41.6 Å². The first-order valence-corrected chi connectivity index (χ1v) is 5.92. The number of hydrogen-bond donors (Lipinski definition) is 1. The Labute approximate surface area is 91.0 Å². The molecule has 0 spiro atoms. The maximum absolute atomic E-state index is 12.2. The van der Waals surface area contributed by atoms with E-state index in [0.717, 1.165) is 45.7 Å². The highest BCUT2D eigenvalue weighted by Gasteiger charge is 2.32. The lowest BCUT2D eigenvalue weighted by molar-refractivity contribution is -0.141. The Morgan fingerprint density at radius 1 is 1.40 bits per heavy atom. The van der Waals surface area contributed by atoms with Crippen LogP contribution in [0.4, 0.5) is 0 Å². The Bertz CT molecular complexity index is 223. The van der Waals surface area contributed by atoms with Crippen LogP contribution < -0.4 is 5.32 Å². The van der Waals surface area contributed by atoms with E-state index in [1.807, 2.05) is 4.90 Å². The van der Waals surface area contributed by atoms with Crippen molar-refractivity contribution in [3.05, 3.63) is 0 Å². The lowest BCUT2D eigenvalue weighted by Gasteiger charge is -2.40. The molecule has 0 unspecified atom stereocenters. The Balaban J connectivity index is 1.90. The predicted molar refractivity (Wildman–Crippen MR) is 57.6 cm³/mol. The second-order valence-electron chi connectivity index (χ2n) is 4.32. The van der Waals surface area contributed by atoms with Gasteiger partial charge in [0.1, 0.15) is 0 Å². The minimum Gasteiger partial charge on any atom is -0.381 e. The molecular formula is C11H20N2O2. The summed E-state index contributed by atoms with van der Waals surface area (Å²) < 4.78 is 5.28. The summed E-state index contributed by atoms with van der Waals surface area (Å²) in [7, 11) is 0. The number of hydrogen-bond acceptors (Lipinski definition) is 3. The lowest BCUT2D eigenvalue weighted by atomic mass is 9.97. The summed E-state index contributed by atoms with van der Waals surface area (Å²) in [5.74, 6) is 0.548. The highest BCUT2D eigenvalue weighted by atomic mass is 16.5. The van der Waals surface area contributed by atoms with Gasteiger partial charge in [0.05, 0.1) is 6.04 Å². The molecule has 2 heterocycles. The summed E-state index contributed by atoms with van der Waals surface area (Å²) in [4.78, 5) is 14.2. The number of ether oxygens (including phenoxy) is 1. The third-order valence-electron chi connectivity index (χ3n) is 3.40. The first kappa shape index (κ1) is 10.9. The Morgan fingerprint density at radius 3 is 2.53 bits per heavy atom. The molecule has 2 aliphatic rings. The average Bonchev–Trinajstić information content (AvgIpc) is 2.23. The largest absolute Gasteiger partial charge is 0.381 e. The number of likely N-dealkylation sites (N-methyl/N-ethyl adjacent to an activating group) is 1. The monoisotopic (exact) mass is 212 g/mol. The van der Waals surface area contributed by atoms with Gasteiger partial charge in [-0.3, -0.25) is 4.79 Å². The van der Waals surface area contributed by atoms with Crippen LogP contribution >= 0.6 is 0 Å². The maximum atomic E-state index is 12.2. The Kier molecular flexibility index (Phi) is 3.59. The molecule has 86 valence electrons. The molecule has 0 bridgehead atoms. The fourth-order valence-electron chi connectivity index (χ4n) is 2.27. The van der Waals surface area contributed by atoms with Gasteiger partial charge >= 0.3 is 0 Å². The van der Waals surface area contributed by atoms with Crippen LogP contribution in [0.2, 0.25) is 0 Å². The van der Waals surface area contributed by atoms with Crippen LogP contribution in [0.15, 0.2) is 0 Å². The van der Waals surface area contributed by atoms with E-state index in [1.165, 1.54) is 0 Å². The Hall–Kier alpha value is -0.610. The van der Waals surface area contributed by atoms with E-state index in [0.29, 0.717) is 11.9 Å². The number of nitrogens with one attached hydrogen (secondary N) is 1. The van der Waals surface area contributed by atoms with Crippen LogP contribution in [0, 0.1) is 5.92 Å². The Morgan fingerprint density at radius 2 is 2.07 bits per heavy atom. The van der Waals surface area contributed by atoms with Crippen molar-refractivity contribution in [1.82, 2.24) is 10.2 Å². The molecule has 2 aliphatic heterocycles. The van der Waals surface area contributed by atoms with E-state index in [1.54, 1.807) is 0 Å². The van der Waals surface area contributed by atoms with Crippen LogP contribution in [0.25, 0.3) is 0 Å². The van der Waals surface area contributed by atoms with Crippen molar-refractivity contribution in [1.29, 1.82) is 0 Å². The second kappa shape index (κ2) is 4.94. The van der Waals surface area contributed by atoms with Gasteiger partial charge in [-0.05, 0) is 19.8 Å². The predicted octanol–water partition coefficient (Wildman–Crippen LogP) is 0.233. The molecule has 2 saturated heterocycles. The highest BCUT2D eigenvalue weighted by Crippen LogP contribution is 2.19. The fraction of sp³-hybridized carbons (Fsp3) is 0.909. The van der Waals surface area contributed by atoms with Gasteiger partial charge in [-0.1, -0.05) is 0 Å². The molecule has 0 saturated carbocycles. The van der Waals surface area contributed by atoms with Gasteiger partial charge in [-0.2, -0.15) is 0 Å². The maximum Gasteiger partial charge on any atom is 0.226 e. The van der Waals surface area contributed by atoms with Crippen LogP contribution in [-0.2, 0) is 9.53 Å². The van der Waals surface area contributed by atoms with Crippen molar-refractivity contribution in [3.63, 3.8) is 0 Å². The fourth-order valence-corrected chi connectivity index (χ4v) is 2.27. The highest BCUT2D eigenvalue weighted by molar-refractivity contribution is 5.79. The minimum atomic E-state index is 0.208. The summed E-state index contributed by atoms with van der Waals surface area (Å²) in [6, 6.07) is 0.436. The molecule has 1 N–H and O–H groups in total. The van der Waals surface area contributed by atoms with Gasteiger partial charge in [0.2, 0.25) is 5.91 Å². The van der Waals surface area contributed by atoms with E-state index in [9.17, 15) is 4.79 Å². The van der Waals surface area contributed by atoms with Crippen molar-refractivity contribution in [3.8, 4) is 0 Å². The van der Waals surface area contributed by atoms with E-state index >= 15 is 0 Å². The van der Waals surface area contributed by atoms with E-state index in [2.05, 4.69) is 12.2 Å². The van der Waals surface area contributed by atoms with Crippen molar-refractivity contribution in [2.45, 2.75) is 25.8 Å². The third-order valence-corrected chi connectivity index (χ3v) is 3.40. The van der Waals surface area contributed by atoms with Gasteiger partial charge in [-0.15, -0.1) is 0 Å². The molecule has 0 aromatic rings. The van der Waals surface area contributed by atoms with Gasteiger partial charge in [0, 0.05) is 38.8 Å². The SMILES string of the molecule is CCN(C(=O)C1CCOCC1)C1CNC1. The van der Waals surface area contributed by atoms with Gasteiger partial charge in [-0.25, -0.2) is 0 Å². The van der Waals surface area contributed by atoms with Crippen molar-refractivity contribution < 1.29 is 9.53 Å². The van der Waals surface area contributed by atoms with Gasteiger partial charge in [0.15, 0.2) is 0 Å². The number of nitrogens with zero attached hydrogens (tertiary/aromatic N) is 1. The quantitative estimate of drug-likeness (QED) is 0.728. The molecule has 0 aliphatic carbocycles. The summed E-state index contributed by atoms with van der Waals surface area (Å²) in [6.07, 6.45) is 1.80. The molecule has 4 heteroatoms. The zero-order valence-electron chi connectivity index (χ0n) is 9.37.